The molecule has 0 amide bonds. The summed E-state index contributed by atoms with van der Waals surface area (Å²) in [5, 5.41) is 27.6. The lowest BCUT2D eigenvalue weighted by Gasteiger charge is -2.20. The molecule has 0 aliphatic heterocycles. The highest BCUT2D eigenvalue weighted by Gasteiger charge is 2.25. The van der Waals surface area contributed by atoms with E-state index in [0.29, 0.717) is 11.1 Å². The Kier molecular flexibility index (Phi) is 6.61. The first kappa shape index (κ1) is 30.7. The van der Waals surface area contributed by atoms with Gasteiger partial charge in [-0.2, -0.15) is 10.5 Å². The van der Waals surface area contributed by atoms with Crippen LogP contribution in [0.2, 0.25) is 0 Å². The van der Waals surface area contributed by atoms with Gasteiger partial charge in [-0.1, -0.05) is 115 Å². The molecule has 0 atom stereocenters. The van der Waals surface area contributed by atoms with E-state index in [4.69, 9.17) is 0 Å². The molecule has 55 heavy (non-hydrogen) atoms. The van der Waals surface area contributed by atoms with Crippen LogP contribution in [0.1, 0.15) is 11.1 Å². The first-order valence-corrected chi connectivity index (χ1v) is 18.3. The average molecular weight is 700 g/mol. The number of nitrogens with zero attached hydrogens (tertiary/aromatic N) is 5. The fourth-order valence-corrected chi connectivity index (χ4v) is 8.97. The van der Waals surface area contributed by atoms with Gasteiger partial charge in [-0.05, 0) is 60.7 Å². The Bertz CT molecular complexity index is 3420. The van der Waals surface area contributed by atoms with Crippen molar-refractivity contribution >= 4 is 65.4 Å². The molecule has 0 unspecified atom stereocenters. The van der Waals surface area contributed by atoms with Crippen LogP contribution in [0.5, 0.6) is 0 Å². The molecule has 11 aromatic rings. The van der Waals surface area contributed by atoms with E-state index in [1.54, 1.807) is 0 Å². The van der Waals surface area contributed by atoms with E-state index in [1.807, 2.05) is 36.4 Å². The summed E-state index contributed by atoms with van der Waals surface area (Å²) < 4.78 is 6.99. The summed E-state index contributed by atoms with van der Waals surface area (Å²) in [7, 11) is 0. The van der Waals surface area contributed by atoms with Gasteiger partial charge in [-0.3, -0.25) is 0 Å². The molecule has 0 N–H and O–H groups in total. The van der Waals surface area contributed by atoms with Crippen molar-refractivity contribution in [2.24, 2.45) is 0 Å². The van der Waals surface area contributed by atoms with E-state index in [0.717, 1.165) is 82.8 Å². The quantitative estimate of drug-likeness (QED) is 0.184. The van der Waals surface area contributed by atoms with Crippen LogP contribution < -0.4 is 0 Å². The fourth-order valence-electron chi connectivity index (χ4n) is 8.97. The van der Waals surface area contributed by atoms with Gasteiger partial charge in [0.1, 0.15) is 0 Å². The van der Waals surface area contributed by atoms with Gasteiger partial charge < -0.3 is 13.7 Å². The number of nitriles is 2. The number of rotatable bonds is 4. The van der Waals surface area contributed by atoms with E-state index in [9.17, 15) is 10.5 Å². The molecule has 0 spiro atoms. The van der Waals surface area contributed by atoms with Crippen LogP contribution in [0.15, 0.2) is 176 Å². The number of hydrogen-bond acceptors (Lipinski definition) is 2. The normalized spacial score (nSPS) is 11.6. The molecule has 0 aliphatic carbocycles. The van der Waals surface area contributed by atoms with Gasteiger partial charge in [-0.15, -0.1) is 0 Å². The van der Waals surface area contributed by atoms with Crippen molar-refractivity contribution in [2.75, 3.05) is 0 Å². The molecule has 0 aliphatic rings. The molecule has 0 fully saturated rings. The summed E-state index contributed by atoms with van der Waals surface area (Å²) in [6.45, 7) is 0. The minimum absolute atomic E-state index is 0.565. The molecule has 3 aromatic heterocycles. The van der Waals surface area contributed by atoms with Crippen molar-refractivity contribution in [3.05, 3.63) is 187 Å². The van der Waals surface area contributed by atoms with Crippen molar-refractivity contribution in [2.45, 2.75) is 0 Å². The van der Waals surface area contributed by atoms with Crippen LogP contribution >= 0.6 is 0 Å². The molecule has 0 saturated heterocycles. The molecule has 254 valence electrons. The zero-order chi connectivity index (χ0) is 36.6. The van der Waals surface area contributed by atoms with Crippen molar-refractivity contribution in [3.8, 4) is 40.3 Å². The molecule has 0 saturated carbocycles. The highest BCUT2D eigenvalue weighted by Crippen LogP contribution is 2.44. The summed E-state index contributed by atoms with van der Waals surface area (Å²) in [5.41, 5.74) is 12.2. The Labute approximate surface area is 316 Å². The zero-order valence-corrected chi connectivity index (χ0v) is 29.5. The van der Waals surface area contributed by atoms with Crippen LogP contribution in [0.3, 0.4) is 0 Å². The van der Waals surface area contributed by atoms with Gasteiger partial charge in [0.2, 0.25) is 0 Å². The van der Waals surface area contributed by atoms with Crippen molar-refractivity contribution in [1.29, 1.82) is 10.5 Å². The molecular weight excluding hydrogens is 671 g/mol. The van der Waals surface area contributed by atoms with E-state index >= 15 is 0 Å². The van der Waals surface area contributed by atoms with Gasteiger partial charge in [0.05, 0.1) is 73.4 Å². The Balaban J connectivity index is 1.28. The second-order valence-electron chi connectivity index (χ2n) is 13.9. The van der Waals surface area contributed by atoms with Gasteiger partial charge in [0.15, 0.2) is 0 Å². The molecule has 8 aromatic carbocycles. The summed E-state index contributed by atoms with van der Waals surface area (Å²) >= 11 is 0. The van der Waals surface area contributed by atoms with Gasteiger partial charge in [0.25, 0.3) is 0 Å². The third kappa shape index (κ3) is 4.27. The van der Waals surface area contributed by atoms with E-state index < -0.39 is 0 Å². The lowest BCUT2D eigenvalue weighted by molar-refractivity contribution is 1.13. The number of benzene rings is 8. The summed E-state index contributed by atoms with van der Waals surface area (Å²) in [6.07, 6.45) is 0. The smallest absolute Gasteiger partial charge is 0.0998 e. The van der Waals surface area contributed by atoms with E-state index in [2.05, 4.69) is 165 Å². The fraction of sp³-hybridized carbons (Fsp3) is 0. The predicted molar refractivity (Wildman–Crippen MR) is 224 cm³/mol. The topological polar surface area (TPSA) is 62.4 Å². The molecule has 0 bridgehead atoms. The second kappa shape index (κ2) is 11.8. The maximum atomic E-state index is 10.8. The number of para-hydroxylation sites is 6. The average Bonchev–Trinajstić information content (AvgIpc) is 3.89. The Morgan fingerprint density at radius 3 is 1.45 bits per heavy atom. The first-order valence-electron chi connectivity index (χ1n) is 18.3. The Morgan fingerprint density at radius 1 is 0.327 bits per heavy atom. The largest absolute Gasteiger partial charge is 0.309 e. The minimum Gasteiger partial charge on any atom is -0.309 e. The molecule has 3 heterocycles. The van der Waals surface area contributed by atoms with Gasteiger partial charge in [-0.25, -0.2) is 0 Å². The first-order chi connectivity index (χ1) is 27.3. The monoisotopic (exact) mass is 699 g/mol. The number of hydrogen-bond donors (Lipinski definition) is 0. The highest BCUT2D eigenvalue weighted by molar-refractivity contribution is 6.16. The van der Waals surface area contributed by atoms with Crippen molar-refractivity contribution in [3.63, 3.8) is 0 Å². The van der Waals surface area contributed by atoms with Crippen LogP contribution in [0, 0.1) is 22.7 Å². The van der Waals surface area contributed by atoms with Gasteiger partial charge >= 0.3 is 0 Å². The summed E-state index contributed by atoms with van der Waals surface area (Å²) in [5.74, 6) is 0. The lowest BCUT2D eigenvalue weighted by Crippen LogP contribution is -2.04. The highest BCUT2D eigenvalue weighted by atomic mass is 15.1. The molecule has 5 nitrogen and oxygen atoms in total. The third-order valence-corrected chi connectivity index (χ3v) is 11.1. The maximum Gasteiger partial charge on any atom is 0.0998 e. The zero-order valence-electron chi connectivity index (χ0n) is 29.5. The minimum atomic E-state index is 0.565. The SMILES string of the molecule is N#Cc1cccc(-n2c3ccccc3c3c(C#N)cccc32)c1-c1ccccc1-n1c2ccccc2c2cccc(-n3c4ccccc4c4ccccc43)c21. The van der Waals surface area contributed by atoms with E-state index in [1.165, 1.54) is 10.8 Å². The number of fused-ring (bicyclic) bond motifs is 9. The van der Waals surface area contributed by atoms with E-state index in [-0.39, 0.29) is 0 Å². The van der Waals surface area contributed by atoms with Crippen LogP contribution in [-0.2, 0) is 0 Å². The van der Waals surface area contributed by atoms with Crippen molar-refractivity contribution < 1.29 is 0 Å². The summed E-state index contributed by atoms with van der Waals surface area (Å²) in [6, 6.07) is 65.9. The van der Waals surface area contributed by atoms with Crippen LogP contribution in [0.4, 0.5) is 0 Å². The van der Waals surface area contributed by atoms with Crippen LogP contribution in [0.25, 0.3) is 93.6 Å². The van der Waals surface area contributed by atoms with Gasteiger partial charge in [0, 0.05) is 43.4 Å². The molecular formula is C50H29N5. The maximum absolute atomic E-state index is 10.8. The lowest BCUT2D eigenvalue weighted by atomic mass is 9.96. The standard InChI is InChI=1S/C50H29N5/c51-30-32-14-11-27-45-48(32)38-19-4-9-25-43(38)54(45)46-28-12-15-33(31-52)49(46)39-20-5-10-26-44(39)55-42-24-8-3-18-36(42)37-21-13-29-47(50(37)55)53-40-22-6-1-16-34(40)35-17-2-7-23-41(35)53/h1-29H. The Hall–Kier alpha value is -7.86. The Morgan fingerprint density at radius 2 is 0.764 bits per heavy atom. The third-order valence-electron chi connectivity index (χ3n) is 11.1. The summed E-state index contributed by atoms with van der Waals surface area (Å²) in [4.78, 5) is 0. The van der Waals surface area contributed by atoms with Crippen LogP contribution in [-0.4, -0.2) is 13.7 Å². The van der Waals surface area contributed by atoms with Crippen molar-refractivity contribution in [1.82, 2.24) is 13.7 Å². The molecule has 0 radical (unpaired) electrons. The molecule has 11 rings (SSSR count). The predicted octanol–water partition coefficient (Wildman–Crippen LogP) is 12.4. The second-order valence-corrected chi connectivity index (χ2v) is 13.9. The molecule has 5 heteroatoms. The number of aromatic nitrogens is 3.